The zero-order valence-corrected chi connectivity index (χ0v) is 18.0. The van der Waals surface area contributed by atoms with Crippen molar-refractivity contribution in [3.63, 3.8) is 0 Å². The number of benzene rings is 1. The highest BCUT2D eigenvalue weighted by atomic mass is 16.5. The lowest BCUT2D eigenvalue weighted by molar-refractivity contribution is -0.143. The molecule has 1 fully saturated rings. The number of rotatable bonds is 10. The molecule has 1 aliphatic rings. The van der Waals surface area contributed by atoms with E-state index in [9.17, 15) is 4.79 Å². The van der Waals surface area contributed by atoms with Crippen LogP contribution in [0.2, 0.25) is 0 Å². The number of esters is 1. The highest BCUT2D eigenvalue weighted by molar-refractivity contribution is 5.71. The van der Waals surface area contributed by atoms with Gasteiger partial charge in [-0.1, -0.05) is 29.8 Å². The Hall–Kier alpha value is -2.98. The number of carbonyl (C=O) groups is 1. The standard InChI is InChI=1S/C21H30N6O4/c1-3-31-18(29)14-17(16-6-4-15(2)5-7-16)23-20-24-19(22-8-11-28)25-21(26-20)27-9-12-30-13-10-27/h4-7,17,28H,3,8-14H2,1-2H3,(H2,22,23,24,25,26)/t17-/m1/s1. The normalized spacial score (nSPS) is 14.7. The van der Waals surface area contributed by atoms with Crippen molar-refractivity contribution < 1.29 is 19.4 Å². The number of aliphatic hydroxyl groups is 1. The van der Waals surface area contributed by atoms with E-state index >= 15 is 0 Å². The highest BCUT2D eigenvalue weighted by Gasteiger charge is 2.21. The Morgan fingerprint density at radius 2 is 1.90 bits per heavy atom. The van der Waals surface area contributed by atoms with Gasteiger partial charge in [-0.25, -0.2) is 0 Å². The first-order chi connectivity index (χ1) is 15.1. The maximum Gasteiger partial charge on any atom is 0.308 e. The lowest BCUT2D eigenvalue weighted by atomic mass is 10.0. The Balaban J connectivity index is 1.88. The van der Waals surface area contributed by atoms with Crippen molar-refractivity contribution in [2.75, 3.05) is 61.6 Å². The lowest BCUT2D eigenvalue weighted by Crippen LogP contribution is -2.37. The van der Waals surface area contributed by atoms with Crippen molar-refractivity contribution in [3.8, 4) is 0 Å². The van der Waals surface area contributed by atoms with Gasteiger partial charge < -0.3 is 30.1 Å². The number of hydrogen-bond donors (Lipinski definition) is 3. The highest BCUT2D eigenvalue weighted by Crippen LogP contribution is 2.24. The van der Waals surface area contributed by atoms with Crippen LogP contribution in [0.4, 0.5) is 17.8 Å². The van der Waals surface area contributed by atoms with Gasteiger partial charge in [0.15, 0.2) is 0 Å². The van der Waals surface area contributed by atoms with Gasteiger partial charge >= 0.3 is 5.97 Å². The number of nitrogens with zero attached hydrogens (tertiary/aromatic N) is 4. The van der Waals surface area contributed by atoms with Crippen LogP contribution in [-0.2, 0) is 14.3 Å². The van der Waals surface area contributed by atoms with Gasteiger partial charge in [0.2, 0.25) is 17.8 Å². The predicted octanol–water partition coefficient (Wildman–Crippen LogP) is 1.53. The summed E-state index contributed by atoms with van der Waals surface area (Å²) in [6.45, 7) is 6.93. The fraction of sp³-hybridized carbons (Fsp3) is 0.524. The minimum atomic E-state index is -0.370. The molecule has 1 aliphatic heterocycles. The van der Waals surface area contributed by atoms with Crippen LogP contribution >= 0.6 is 0 Å². The van der Waals surface area contributed by atoms with Crippen molar-refractivity contribution in [1.82, 2.24) is 15.0 Å². The smallest absolute Gasteiger partial charge is 0.308 e. The van der Waals surface area contributed by atoms with Gasteiger partial charge in [-0.15, -0.1) is 0 Å². The third-order valence-electron chi connectivity index (χ3n) is 4.77. The van der Waals surface area contributed by atoms with E-state index in [1.165, 1.54) is 0 Å². The zero-order chi connectivity index (χ0) is 22.1. The average molecular weight is 431 g/mol. The van der Waals surface area contributed by atoms with Gasteiger partial charge in [0.25, 0.3) is 0 Å². The van der Waals surface area contributed by atoms with Gasteiger partial charge in [0.1, 0.15) is 0 Å². The Morgan fingerprint density at radius 3 is 2.58 bits per heavy atom. The van der Waals surface area contributed by atoms with Crippen LogP contribution in [0.15, 0.2) is 24.3 Å². The van der Waals surface area contributed by atoms with E-state index < -0.39 is 0 Å². The van der Waals surface area contributed by atoms with Crippen molar-refractivity contribution in [1.29, 1.82) is 0 Å². The molecule has 1 aromatic carbocycles. The first kappa shape index (κ1) is 22.7. The van der Waals surface area contributed by atoms with E-state index in [0.29, 0.717) is 57.3 Å². The van der Waals surface area contributed by atoms with Gasteiger partial charge in [-0.05, 0) is 19.4 Å². The van der Waals surface area contributed by atoms with Crippen LogP contribution in [0.5, 0.6) is 0 Å². The molecule has 10 nitrogen and oxygen atoms in total. The average Bonchev–Trinajstić information content (AvgIpc) is 2.78. The van der Waals surface area contributed by atoms with Crippen molar-refractivity contribution in [2.24, 2.45) is 0 Å². The zero-order valence-electron chi connectivity index (χ0n) is 18.0. The number of nitrogens with one attached hydrogen (secondary N) is 2. The molecule has 1 saturated heterocycles. The molecule has 1 atom stereocenters. The fourth-order valence-electron chi connectivity index (χ4n) is 3.17. The summed E-state index contributed by atoms with van der Waals surface area (Å²) < 4.78 is 10.6. The summed E-state index contributed by atoms with van der Waals surface area (Å²) in [5.41, 5.74) is 2.06. The number of hydrogen-bond acceptors (Lipinski definition) is 10. The molecule has 0 bridgehead atoms. The largest absolute Gasteiger partial charge is 0.466 e. The van der Waals surface area contributed by atoms with Crippen LogP contribution < -0.4 is 15.5 Å². The summed E-state index contributed by atoms with van der Waals surface area (Å²) in [6, 6.07) is 7.57. The van der Waals surface area contributed by atoms with Gasteiger partial charge in [-0.3, -0.25) is 4.79 Å². The minimum absolute atomic E-state index is 0.0455. The molecular formula is C21H30N6O4. The van der Waals surface area contributed by atoms with Crippen molar-refractivity contribution in [3.05, 3.63) is 35.4 Å². The monoisotopic (exact) mass is 430 g/mol. The number of anilines is 3. The summed E-state index contributed by atoms with van der Waals surface area (Å²) in [4.78, 5) is 27.7. The SMILES string of the molecule is CCOC(=O)C[C@@H](Nc1nc(NCCO)nc(N2CCOCC2)n1)c1ccc(C)cc1. The molecule has 168 valence electrons. The maximum absolute atomic E-state index is 12.2. The maximum atomic E-state index is 12.2. The van der Waals surface area contributed by atoms with Gasteiger partial charge in [0.05, 0.1) is 38.9 Å². The molecule has 0 aliphatic carbocycles. The first-order valence-electron chi connectivity index (χ1n) is 10.5. The number of aromatic nitrogens is 3. The number of aliphatic hydroxyl groups excluding tert-OH is 1. The molecule has 31 heavy (non-hydrogen) atoms. The molecule has 0 saturated carbocycles. The van der Waals surface area contributed by atoms with E-state index in [4.69, 9.17) is 14.6 Å². The number of aryl methyl sites for hydroxylation is 1. The van der Waals surface area contributed by atoms with Crippen LogP contribution in [0.25, 0.3) is 0 Å². The fourth-order valence-corrected chi connectivity index (χ4v) is 3.17. The molecule has 0 spiro atoms. The molecule has 3 rings (SSSR count). The molecule has 0 unspecified atom stereocenters. The Bertz CT molecular complexity index is 842. The minimum Gasteiger partial charge on any atom is -0.466 e. The quantitative estimate of drug-likeness (QED) is 0.478. The number of ether oxygens (including phenoxy) is 2. The third-order valence-corrected chi connectivity index (χ3v) is 4.77. The molecule has 1 aromatic heterocycles. The molecule has 3 N–H and O–H groups in total. The predicted molar refractivity (Wildman–Crippen MR) is 117 cm³/mol. The van der Waals surface area contributed by atoms with Crippen LogP contribution in [0, 0.1) is 6.92 Å². The Kier molecular flexibility index (Phi) is 8.36. The second-order valence-corrected chi connectivity index (χ2v) is 7.15. The summed E-state index contributed by atoms with van der Waals surface area (Å²) in [7, 11) is 0. The lowest BCUT2D eigenvalue weighted by Gasteiger charge is -2.27. The molecule has 2 heterocycles. The van der Waals surface area contributed by atoms with E-state index in [0.717, 1.165) is 11.1 Å². The van der Waals surface area contributed by atoms with E-state index in [1.54, 1.807) is 6.92 Å². The van der Waals surface area contributed by atoms with Crippen molar-refractivity contribution in [2.45, 2.75) is 26.3 Å². The molecular weight excluding hydrogens is 400 g/mol. The number of morpholine rings is 1. The van der Waals surface area contributed by atoms with E-state index in [2.05, 4.69) is 25.6 Å². The topological polar surface area (TPSA) is 122 Å². The molecule has 10 heteroatoms. The molecule has 2 aromatic rings. The van der Waals surface area contributed by atoms with Crippen molar-refractivity contribution >= 4 is 23.8 Å². The van der Waals surface area contributed by atoms with E-state index in [1.807, 2.05) is 36.1 Å². The van der Waals surface area contributed by atoms with Gasteiger partial charge in [-0.2, -0.15) is 15.0 Å². The van der Waals surface area contributed by atoms with Gasteiger partial charge in [0, 0.05) is 19.6 Å². The van der Waals surface area contributed by atoms with Crippen LogP contribution in [-0.4, -0.2) is 72.1 Å². The summed E-state index contributed by atoms with van der Waals surface area (Å²) in [5, 5.41) is 15.4. The first-order valence-corrected chi connectivity index (χ1v) is 10.5. The van der Waals surface area contributed by atoms with E-state index in [-0.39, 0.29) is 25.0 Å². The Labute approximate surface area is 182 Å². The number of carbonyl (C=O) groups excluding carboxylic acids is 1. The summed E-state index contributed by atoms with van der Waals surface area (Å²) in [5.74, 6) is 0.903. The Morgan fingerprint density at radius 1 is 1.19 bits per heavy atom. The summed E-state index contributed by atoms with van der Waals surface area (Å²) >= 11 is 0. The molecule has 0 amide bonds. The second kappa shape index (κ2) is 11.4. The third kappa shape index (κ3) is 6.76. The summed E-state index contributed by atoms with van der Waals surface area (Å²) in [6.07, 6.45) is 0.134. The van der Waals surface area contributed by atoms with Crippen LogP contribution in [0.1, 0.15) is 30.5 Å². The molecule has 0 radical (unpaired) electrons. The second-order valence-electron chi connectivity index (χ2n) is 7.15. The van der Waals surface area contributed by atoms with Crippen LogP contribution in [0.3, 0.4) is 0 Å².